The van der Waals surface area contributed by atoms with E-state index < -0.39 is 10.2 Å². The first-order valence-corrected chi connectivity index (χ1v) is 8.36. The number of nitrogens with two attached hydrogens (primary N) is 1. The van der Waals surface area contributed by atoms with Crippen LogP contribution in [0.15, 0.2) is 0 Å². The molecule has 7 heteroatoms. The monoisotopic (exact) mass is 291 g/mol. The molecule has 0 amide bonds. The Bertz CT molecular complexity index is 402. The Hall–Kier alpha value is -0.210. The van der Waals surface area contributed by atoms with Crippen LogP contribution in [0.25, 0.3) is 0 Å². The third kappa shape index (κ3) is 3.28. The fourth-order valence-electron chi connectivity index (χ4n) is 2.88. The highest BCUT2D eigenvalue weighted by Gasteiger charge is 2.39. The lowest BCUT2D eigenvalue weighted by Crippen LogP contribution is -2.52. The zero-order valence-corrected chi connectivity index (χ0v) is 12.8. The Labute approximate surface area is 116 Å². The van der Waals surface area contributed by atoms with Crippen molar-refractivity contribution in [2.45, 2.75) is 45.4 Å². The third-order valence-corrected chi connectivity index (χ3v) is 5.90. The maximum Gasteiger partial charge on any atom is 0.282 e. The van der Waals surface area contributed by atoms with Gasteiger partial charge in [-0.3, -0.25) is 0 Å². The second-order valence-corrected chi connectivity index (χ2v) is 7.78. The lowest BCUT2D eigenvalue weighted by atomic mass is 10.0. The molecule has 4 atom stereocenters. The molecule has 0 radical (unpaired) electrons. The Kier molecular flexibility index (Phi) is 4.52. The first kappa shape index (κ1) is 15.2. The molecule has 0 aromatic carbocycles. The second-order valence-electron chi connectivity index (χ2n) is 5.85. The van der Waals surface area contributed by atoms with Crippen LogP contribution in [-0.4, -0.2) is 61.5 Å². The van der Waals surface area contributed by atoms with Crippen molar-refractivity contribution in [1.29, 1.82) is 0 Å². The van der Waals surface area contributed by atoms with Crippen molar-refractivity contribution in [3.8, 4) is 0 Å². The zero-order chi connectivity index (χ0) is 14.2. The minimum Gasteiger partial charge on any atom is -0.373 e. The van der Waals surface area contributed by atoms with Gasteiger partial charge in [0.1, 0.15) is 0 Å². The Balaban J connectivity index is 2.06. The summed E-state index contributed by atoms with van der Waals surface area (Å²) in [7, 11) is -3.36. The standard InChI is InChI=1S/C12H25N3O3S/c1-9-6-15(7-10(2)18-9)19(16,17)14-5-4-12(8-14)11(3)13/h9-12H,4-8,13H2,1-3H3. The first-order valence-electron chi connectivity index (χ1n) is 6.97. The summed E-state index contributed by atoms with van der Waals surface area (Å²) in [6.07, 6.45) is 0.752. The maximum atomic E-state index is 12.6. The molecule has 0 bridgehead atoms. The molecule has 0 aromatic rings. The van der Waals surface area contributed by atoms with Crippen molar-refractivity contribution in [2.75, 3.05) is 26.2 Å². The van der Waals surface area contributed by atoms with Crippen LogP contribution in [0.2, 0.25) is 0 Å². The molecule has 2 aliphatic heterocycles. The fraction of sp³-hybridized carbons (Fsp3) is 1.00. The van der Waals surface area contributed by atoms with Crippen molar-refractivity contribution in [2.24, 2.45) is 11.7 Å². The van der Waals surface area contributed by atoms with Gasteiger partial charge in [-0.2, -0.15) is 17.0 Å². The Morgan fingerprint density at radius 1 is 1.16 bits per heavy atom. The molecule has 2 heterocycles. The van der Waals surface area contributed by atoms with Gasteiger partial charge in [-0.1, -0.05) is 0 Å². The topological polar surface area (TPSA) is 75.9 Å². The maximum absolute atomic E-state index is 12.6. The molecule has 2 aliphatic rings. The molecule has 4 unspecified atom stereocenters. The molecule has 0 aromatic heterocycles. The van der Waals surface area contributed by atoms with Crippen LogP contribution in [0.3, 0.4) is 0 Å². The molecule has 0 aliphatic carbocycles. The van der Waals surface area contributed by atoms with E-state index in [0.29, 0.717) is 26.2 Å². The highest BCUT2D eigenvalue weighted by atomic mass is 32.2. The average Bonchev–Trinajstić information content (AvgIpc) is 2.77. The number of morpholine rings is 1. The molecule has 2 fully saturated rings. The minimum atomic E-state index is -3.36. The van der Waals surface area contributed by atoms with Crippen molar-refractivity contribution in [3.05, 3.63) is 0 Å². The van der Waals surface area contributed by atoms with Crippen molar-refractivity contribution >= 4 is 10.2 Å². The predicted molar refractivity (Wildman–Crippen MR) is 73.8 cm³/mol. The van der Waals surface area contributed by atoms with Gasteiger partial charge in [0.05, 0.1) is 12.2 Å². The quantitative estimate of drug-likeness (QED) is 0.795. The van der Waals surface area contributed by atoms with Gasteiger partial charge >= 0.3 is 0 Å². The van der Waals surface area contributed by atoms with Gasteiger partial charge in [0.2, 0.25) is 0 Å². The van der Waals surface area contributed by atoms with E-state index in [-0.39, 0.29) is 24.2 Å². The lowest BCUT2D eigenvalue weighted by molar-refractivity contribution is -0.0453. The van der Waals surface area contributed by atoms with Gasteiger partial charge in [0.15, 0.2) is 0 Å². The molecular weight excluding hydrogens is 266 g/mol. The summed E-state index contributed by atoms with van der Waals surface area (Å²) < 4.78 is 33.9. The molecule has 6 nitrogen and oxygen atoms in total. The molecule has 0 spiro atoms. The van der Waals surface area contributed by atoms with E-state index in [0.717, 1.165) is 6.42 Å². The van der Waals surface area contributed by atoms with Gasteiger partial charge in [-0.15, -0.1) is 0 Å². The van der Waals surface area contributed by atoms with E-state index in [9.17, 15) is 8.42 Å². The normalized spacial score (nSPS) is 36.5. The van der Waals surface area contributed by atoms with E-state index >= 15 is 0 Å². The van der Waals surface area contributed by atoms with Crippen LogP contribution in [0.5, 0.6) is 0 Å². The molecule has 2 rings (SSSR count). The van der Waals surface area contributed by atoms with E-state index in [1.165, 1.54) is 0 Å². The molecular formula is C12H25N3O3S. The highest BCUT2D eigenvalue weighted by Crippen LogP contribution is 2.25. The molecule has 19 heavy (non-hydrogen) atoms. The van der Waals surface area contributed by atoms with Crippen LogP contribution < -0.4 is 5.73 Å². The summed E-state index contributed by atoms with van der Waals surface area (Å²) in [6, 6.07) is 0.0442. The summed E-state index contributed by atoms with van der Waals surface area (Å²) in [4.78, 5) is 0. The zero-order valence-electron chi connectivity index (χ0n) is 11.9. The van der Waals surface area contributed by atoms with Crippen molar-refractivity contribution < 1.29 is 13.2 Å². The summed E-state index contributed by atoms with van der Waals surface area (Å²) in [5.41, 5.74) is 5.87. The van der Waals surface area contributed by atoms with Crippen molar-refractivity contribution in [1.82, 2.24) is 8.61 Å². The minimum absolute atomic E-state index is 0.0442. The summed E-state index contributed by atoms with van der Waals surface area (Å²) in [5.74, 6) is 0.269. The number of nitrogens with zero attached hydrogens (tertiary/aromatic N) is 2. The number of ether oxygens (including phenoxy) is 1. The Morgan fingerprint density at radius 2 is 1.74 bits per heavy atom. The number of hydrogen-bond acceptors (Lipinski definition) is 4. The van der Waals surface area contributed by atoms with Gasteiger partial charge in [-0.05, 0) is 33.1 Å². The van der Waals surface area contributed by atoms with Crippen LogP contribution >= 0.6 is 0 Å². The van der Waals surface area contributed by atoms with Gasteiger partial charge in [0.25, 0.3) is 10.2 Å². The molecule has 2 N–H and O–H groups in total. The van der Waals surface area contributed by atoms with E-state index in [2.05, 4.69) is 0 Å². The molecule has 2 saturated heterocycles. The van der Waals surface area contributed by atoms with Gasteiger partial charge < -0.3 is 10.5 Å². The molecule has 0 saturated carbocycles. The SMILES string of the molecule is CC1CN(S(=O)(=O)N2CCC(C(C)N)C2)CC(C)O1. The van der Waals surface area contributed by atoms with E-state index in [4.69, 9.17) is 10.5 Å². The van der Waals surface area contributed by atoms with E-state index in [1.54, 1.807) is 8.61 Å². The highest BCUT2D eigenvalue weighted by molar-refractivity contribution is 7.86. The summed E-state index contributed by atoms with van der Waals surface area (Å²) in [6.45, 7) is 7.76. The largest absolute Gasteiger partial charge is 0.373 e. The van der Waals surface area contributed by atoms with Crippen LogP contribution in [0.1, 0.15) is 27.2 Å². The first-order chi connectivity index (χ1) is 8.80. The lowest BCUT2D eigenvalue weighted by Gasteiger charge is -2.36. The van der Waals surface area contributed by atoms with Crippen LogP contribution in [0, 0.1) is 5.92 Å². The van der Waals surface area contributed by atoms with Crippen LogP contribution in [0.4, 0.5) is 0 Å². The van der Waals surface area contributed by atoms with Crippen LogP contribution in [-0.2, 0) is 14.9 Å². The van der Waals surface area contributed by atoms with E-state index in [1.807, 2.05) is 20.8 Å². The average molecular weight is 291 g/mol. The summed E-state index contributed by atoms with van der Waals surface area (Å²) >= 11 is 0. The molecule has 112 valence electrons. The Morgan fingerprint density at radius 3 is 2.21 bits per heavy atom. The number of rotatable bonds is 3. The predicted octanol–water partition coefficient (Wildman–Crippen LogP) is 0.00950. The van der Waals surface area contributed by atoms with Gasteiger partial charge in [-0.25, -0.2) is 0 Å². The smallest absolute Gasteiger partial charge is 0.282 e. The summed E-state index contributed by atoms with van der Waals surface area (Å²) in [5, 5.41) is 0. The van der Waals surface area contributed by atoms with Crippen molar-refractivity contribution in [3.63, 3.8) is 0 Å². The van der Waals surface area contributed by atoms with Gasteiger partial charge in [0, 0.05) is 32.2 Å². The fourth-order valence-corrected chi connectivity index (χ4v) is 4.71. The number of hydrogen-bond donors (Lipinski definition) is 1. The second kappa shape index (κ2) is 5.65. The third-order valence-electron chi connectivity index (χ3n) is 3.97.